The molecule has 3 heterocycles. The standard InChI is InChI=1S/C21H20N6O2/c1-10-4-5-16-12(6-10)11(2)28-21-20(23)24-9-14(25-21)18-15(8-22)27(3)26-19(18)13-7-17(13)29-16/h4-6,9,11,13,17H,7H2,1-3H3,(H2,23,24)/t11-,13?,17?/m1/s1. The maximum atomic E-state index is 9.69. The number of hydrogen-bond acceptors (Lipinski definition) is 7. The summed E-state index contributed by atoms with van der Waals surface area (Å²) in [6.07, 6.45) is 2.05. The van der Waals surface area contributed by atoms with Gasteiger partial charge in [-0.15, -0.1) is 0 Å². The Morgan fingerprint density at radius 3 is 2.93 bits per heavy atom. The lowest BCUT2D eigenvalue weighted by Gasteiger charge is -2.20. The van der Waals surface area contributed by atoms with E-state index in [4.69, 9.17) is 15.2 Å². The lowest BCUT2D eigenvalue weighted by Crippen LogP contribution is -2.12. The average Bonchev–Trinajstić information content (AvgIpc) is 3.37. The molecule has 5 rings (SSSR count). The van der Waals surface area contributed by atoms with E-state index >= 15 is 0 Å². The minimum atomic E-state index is -0.336. The van der Waals surface area contributed by atoms with Gasteiger partial charge < -0.3 is 15.2 Å². The van der Waals surface area contributed by atoms with Gasteiger partial charge in [-0.25, -0.2) is 9.97 Å². The minimum Gasteiger partial charge on any atom is -0.489 e. The molecule has 3 aromatic rings. The summed E-state index contributed by atoms with van der Waals surface area (Å²) in [7, 11) is 1.75. The topological polar surface area (TPSA) is 112 Å². The van der Waals surface area contributed by atoms with Gasteiger partial charge in [-0.3, -0.25) is 4.68 Å². The molecule has 2 aliphatic rings. The molecular formula is C21H20N6O2. The van der Waals surface area contributed by atoms with E-state index in [1.807, 2.05) is 26.0 Å². The number of fused-ring (bicyclic) bond motifs is 7. The highest BCUT2D eigenvalue weighted by Gasteiger charge is 2.46. The van der Waals surface area contributed by atoms with Crippen molar-refractivity contribution < 1.29 is 9.47 Å². The first kappa shape index (κ1) is 17.5. The first-order valence-corrected chi connectivity index (χ1v) is 9.50. The third-order valence-electron chi connectivity index (χ3n) is 5.46. The van der Waals surface area contributed by atoms with Crippen LogP contribution in [-0.2, 0) is 7.05 Å². The fraction of sp³-hybridized carbons (Fsp3) is 0.333. The molecule has 1 saturated carbocycles. The van der Waals surface area contributed by atoms with Crippen molar-refractivity contribution in [3.05, 3.63) is 46.9 Å². The normalized spacial score (nSPS) is 21.8. The monoisotopic (exact) mass is 388 g/mol. The molecule has 1 fully saturated rings. The molecule has 0 radical (unpaired) electrons. The average molecular weight is 388 g/mol. The molecule has 3 atom stereocenters. The van der Waals surface area contributed by atoms with E-state index in [1.165, 1.54) is 0 Å². The molecule has 2 bridgehead atoms. The molecule has 2 unspecified atom stereocenters. The van der Waals surface area contributed by atoms with E-state index in [9.17, 15) is 5.26 Å². The molecule has 29 heavy (non-hydrogen) atoms. The lowest BCUT2D eigenvalue weighted by atomic mass is 10.1. The Balaban J connectivity index is 1.73. The molecule has 1 aliphatic carbocycles. The zero-order chi connectivity index (χ0) is 20.3. The number of nitriles is 1. The second-order valence-corrected chi connectivity index (χ2v) is 7.59. The second kappa shape index (κ2) is 6.21. The van der Waals surface area contributed by atoms with Gasteiger partial charge >= 0.3 is 0 Å². The van der Waals surface area contributed by atoms with Gasteiger partial charge in [0.1, 0.15) is 29.7 Å². The number of nitrogen functional groups attached to an aromatic ring is 1. The van der Waals surface area contributed by atoms with Gasteiger partial charge in [-0.05, 0) is 32.4 Å². The van der Waals surface area contributed by atoms with E-state index in [-0.39, 0.29) is 29.8 Å². The van der Waals surface area contributed by atoms with Crippen LogP contribution in [0, 0.1) is 18.3 Å². The number of aryl methyl sites for hydroxylation is 2. The molecule has 1 aliphatic heterocycles. The predicted molar refractivity (Wildman–Crippen MR) is 105 cm³/mol. The number of ether oxygens (including phenoxy) is 2. The SMILES string of the molecule is Cc1ccc2c(c1)[C@@H](C)Oc1nc(cnc1N)-c1c(nn(C)c1C#N)C1CC1O2. The van der Waals surface area contributed by atoms with Crippen LogP contribution in [0.3, 0.4) is 0 Å². The number of anilines is 1. The second-order valence-electron chi connectivity index (χ2n) is 7.59. The number of aromatic nitrogens is 4. The van der Waals surface area contributed by atoms with E-state index in [2.05, 4.69) is 27.2 Å². The van der Waals surface area contributed by atoms with E-state index in [0.29, 0.717) is 17.0 Å². The number of hydrogen-bond donors (Lipinski definition) is 1. The van der Waals surface area contributed by atoms with Crippen LogP contribution in [0.25, 0.3) is 11.3 Å². The van der Waals surface area contributed by atoms with E-state index in [0.717, 1.165) is 29.0 Å². The first-order valence-electron chi connectivity index (χ1n) is 9.50. The van der Waals surface area contributed by atoms with Crippen LogP contribution in [0.4, 0.5) is 5.82 Å². The Labute approximate surface area is 167 Å². The molecule has 8 heteroatoms. The molecule has 0 spiro atoms. The van der Waals surface area contributed by atoms with Gasteiger partial charge in [0, 0.05) is 18.5 Å². The summed E-state index contributed by atoms with van der Waals surface area (Å²) in [5, 5.41) is 14.3. The summed E-state index contributed by atoms with van der Waals surface area (Å²) in [5.41, 5.74) is 10.5. The van der Waals surface area contributed by atoms with Gasteiger partial charge in [-0.1, -0.05) is 11.6 Å². The summed E-state index contributed by atoms with van der Waals surface area (Å²) in [6.45, 7) is 3.96. The number of benzene rings is 1. The van der Waals surface area contributed by atoms with Gasteiger partial charge in [0.25, 0.3) is 5.88 Å². The van der Waals surface area contributed by atoms with Crippen molar-refractivity contribution in [1.82, 2.24) is 19.7 Å². The fourth-order valence-corrected chi connectivity index (χ4v) is 3.85. The first-order chi connectivity index (χ1) is 14.0. The maximum Gasteiger partial charge on any atom is 0.258 e. The molecular weight excluding hydrogens is 368 g/mol. The van der Waals surface area contributed by atoms with Crippen LogP contribution in [0.2, 0.25) is 0 Å². The zero-order valence-electron chi connectivity index (χ0n) is 16.4. The van der Waals surface area contributed by atoms with E-state index in [1.54, 1.807) is 17.9 Å². The largest absolute Gasteiger partial charge is 0.489 e. The summed E-state index contributed by atoms with van der Waals surface area (Å²) < 4.78 is 14.0. The number of rotatable bonds is 0. The smallest absolute Gasteiger partial charge is 0.258 e. The lowest BCUT2D eigenvalue weighted by molar-refractivity contribution is 0.206. The van der Waals surface area contributed by atoms with Crippen LogP contribution < -0.4 is 15.2 Å². The van der Waals surface area contributed by atoms with E-state index < -0.39 is 0 Å². The Bertz CT molecular complexity index is 1180. The Hall–Kier alpha value is -3.60. The minimum absolute atomic E-state index is 0.00973. The summed E-state index contributed by atoms with van der Waals surface area (Å²) >= 11 is 0. The summed E-state index contributed by atoms with van der Waals surface area (Å²) in [4.78, 5) is 8.88. The van der Waals surface area contributed by atoms with Crippen LogP contribution in [-0.4, -0.2) is 25.9 Å². The highest BCUT2D eigenvalue weighted by Crippen LogP contribution is 2.48. The Morgan fingerprint density at radius 1 is 1.31 bits per heavy atom. The van der Waals surface area contributed by atoms with Crippen molar-refractivity contribution in [2.45, 2.75) is 38.4 Å². The summed E-state index contributed by atoms with van der Waals surface area (Å²) in [5.74, 6) is 1.29. The Kier molecular flexibility index (Phi) is 3.74. The zero-order valence-corrected chi connectivity index (χ0v) is 16.4. The van der Waals surface area contributed by atoms with Gasteiger partial charge in [0.2, 0.25) is 0 Å². The van der Waals surface area contributed by atoms with Crippen LogP contribution in [0.1, 0.15) is 47.9 Å². The van der Waals surface area contributed by atoms with Crippen LogP contribution in [0.5, 0.6) is 11.6 Å². The van der Waals surface area contributed by atoms with Crippen molar-refractivity contribution >= 4 is 5.82 Å². The molecule has 146 valence electrons. The van der Waals surface area contributed by atoms with Crippen molar-refractivity contribution in [2.24, 2.45) is 7.05 Å². The van der Waals surface area contributed by atoms with Crippen molar-refractivity contribution in [3.63, 3.8) is 0 Å². The molecule has 0 amide bonds. The van der Waals surface area contributed by atoms with Crippen LogP contribution in [0.15, 0.2) is 24.4 Å². The molecule has 2 N–H and O–H groups in total. The Morgan fingerprint density at radius 2 is 2.14 bits per heavy atom. The maximum absolute atomic E-state index is 9.69. The number of nitrogens with two attached hydrogens (primary N) is 1. The molecule has 2 aromatic heterocycles. The van der Waals surface area contributed by atoms with Gasteiger partial charge in [-0.2, -0.15) is 10.4 Å². The van der Waals surface area contributed by atoms with Gasteiger partial charge in [0.05, 0.1) is 23.1 Å². The molecule has 1 aromatic carbocycles. The van der Waals surface area contributed by atoms with Crippen molar-refractivity contribution in [2.75, 3.05) is 5.73 Å². The highest BCUT2D eigenvalue weighted by molar-refractivity contribution is 5.70. The predicted octanol–water partition coefficient (Wildman–Crippen LogP) is 3.03. The quantitative estimate of drug-likeness (QED) is 0.630. The molecule has 0 saturated heterocycles. The fourth-order valence-electron chi connectivity index (χ4n) is 3.85. The third kappa shape index (κ3) is 2.78. The third-order valence-corrected chi connectivity index (χ3v) is 5.46. The van der Waals surface area contributed by atoms with Crippen molar-refractivity contribution in [1.29, 1.82) is 5.26 Å². The number of nitrogens with zero attached hydrogens (tertiary/aromatic N) is 5. The summed E-state index contributed by atoms with van der Waals surface area (Å²) in [6, 6.07) is 8.27. The van der Waals surface area contributed by atoms with Gasteiger partial charge in [0.15, 0.2) is 5.82 Å². The van der Waals surface area contributed by atoms with Crippen LogP contribution >= 0.6 is 0 Å². The highest BCUT2D eigenvalue weighted by atomic mass is 16.5. The van der Waals surface area contributed by atoms with Crippen molar-refractivity contribution in [3.8, 4) is 29.0 Å². The molecule has 8 nitrogen and oxygen atoms in total.